The average molecular weight is 396 g/mol. The number of carbonyl (C=O) groups excluding carboxylic acids is 2. The SMILES string of the molecule is CCC(C)CC(=O)N1CCc2c(cn(CCc3ccccc3)c(=O)c2C(N)=O)C1. The molecule has 1 aromatic carbocycles. The molecule has 2 aromatic rings. The van der Waals surface area contributed by atoms with Crippen molar-refractivity contribution in [2.24, 2.45) is 11.7 Å². The molecule has 6 heteroatoms. The van der Waals surface area contributed by atoms with Crippen molar-refractivity contribution in [3.63, 3.8) is 0 Å². The van der Waals surface area contributed by atoms with Gasteiger partial charge in [0.05, 0.1) is 0 Å². The Morgan fingerprint density at radius 2 is 1.93 bits per heavy atom. The van der Waals surface area contributed by atoms with Crippen molar-refractivity contribution in [2.75, 3.05) is 6.54 Å². The normalized spacial score (nSPS) is 14.3. The van der Waals surface area contributed by atoms with E-state index >= 15 is 0 Å². The molecule has 6 nitrogen and oxygen atoms in total. The number of nitrogens with zero attached hydrogens (tertiary/aromatic N) is 2. The molecule has 0 radical (unpaired) electrons. The zero-order chi connectivity index (χ0) is 21.0. The molecule has 0 saturated carbocycles. The highest BCUT2D eigenvalue weighted by Gasteiger charge is 2.27. The molecule has 1 aliphatic rings. The molecule has 3 rings (SSSR count). The number of primary amides is 1. The van der Waals surface area contributed by atoms with E-state index in [-0.39, 0.29) is 17.0 Å². The van der Waals surface area contributed by atoms with Crippen molar-refractivity contribution in [1.29, 1.82) is 0 Å². The minimum Gasteiger partial charge on any atom is -0.365 e. The van der Waals surface area contributed by atoms with Crippen molar-refractivity contribution in [3.8, 4) is 0 Å². The molecule has 0 spiro atoms. The summed E-state index contributed by atoms with van der Waals surface area (Å²) in [7, 11) is 0. The van der Waals surface area contributed by atoms with Crippen LogP contribution in [0.3, 0.4) is 0 Å². The van der Waals surface area contributed by atoms with E-state index in [1.54, 1.807) is 10.8 Å². The molecule has 1 aromatic heterocycles. The van der Waals surface area contributed by atoms with Gasteiger partial charge in [0.2, 0.25) is 5.91 Å². The average Bonchev–Trinajstić information content (AvgIpc) is 2.72. The lowest BCUT2D eigenvalue weighted by Gasteiger charge is -2.31. The summed E-state index contributed by atoms with van der Waals surface area (Å²) < 4.78 is 1.56. The van der Waals surface area contributed by atoms with Crippen LogP contribution < -0.4 is 11.3 Å². The number of nitrogens with two attached hydrogens (primary N) is 1. The molecule has 0 aliphatic carbocycles. The predicted octanol–water partition coefficient (Wildman–Crippen LogP) is 2.51. The fraction of sp³-hybridized carbons (Fsp3) is 0.435. The van der Waals surface area contributed by atoms with Gasteiger partial charge < -0.3 is 15.2 Å². The van der Waals surface area contributed by atoms with E-state index in [1.165, 1.54) is 0 Å². The van der Waals surface area contributed by atoms with Gasteiger partial charge in [-0.15, -0.1) is 0 Å². The van der Waals surface area contributed by atoms with Gasteiger partial charge in [-0.2, -0.15) is 0 Å². The third kappa shape index (κ3) is 4.75. The summed E-state index contributed by atoms with van der Waals surface area (Å²) in [5, 5.41) is 0. The molecule has 1 atom stereocenters. The Balaban J connectivity index is 1.88. The largest absolute Gasteiger partial charge is 0.365 e. The van der Waals surface area contributed by atoms with Crippen molar-refractivity contribution in [3.05, 3.63) is 69.1 Å². The van der Waals surface area contributed by atoms with Crippen LogP contribution in [0.15, 0.2) is 41.3 Å². The fourth-order valence-corrected chi connectivity index (χ4v) is 3.81. The van der Waals surface area contributed by atoms with E-state index in [1.807, 2.05) is 35.2 Å². The molecule has 0 bridgehead atoms. The minimum atomic E-state index is -0.695. The highest BCUT2D eigenvalue weighted by atomic mass is 16.2. The van der Waals surface area contributed by atoms with Gasteiger partial charge in [0, 0.05) is 32.3 Å². The molecule has 29 heavy (non-hydrogen) atoms. The van der Waals surface area contributed by atoms with Crippen LogP contribution in [0.5, 0.6) is 0 Å². The number of rotatable bonds is 7. The molecule has 2 amide bonds. The molecule has 2 N–H and O–H groups in total. The number of aryl methyl sites for hydroxylation is 2. The van der Waals surface area contributed by atoms with Gasteiger partial charge in [-0.3, -0.25) is 14.4 Å². The fourth-order valence-electron chi connectivity index (χ4n) is 3.81. The Hall–Kier alpha value is -2.89. The van der Waals surface area contributed by atoms with Gasteiger partial charge >= 0.3 is 0 Å². The van der Waals surface area contributed by atoms with Crippen LogP contribution in [0.1, 0.15) is 53.7 Å². The number of pyridine rings is 1. The third-order valence-corrected chi connectivity index (χ3v) is 5.77. The smallest absolute Gasteiger partial charge is 0.263 e. The quantitative estimate of drug-likeness (QED) is 0.782. The van der Waals surface area contributed by atoms with Crippen LogP contribution in [-0.4, -0.2) is 27.8 Å². The van der Waals surface area contributed by atoms with Gasteiger partial charge in [-0.05, 0) is 35.4 Å². The second kappa shape index (κ2) is 9.07. The number of carbonyl (C=O) groups is 2. The van der Waals surface area contributed by atoms with Gasteiger partial charge in [0.15, 0.2) is 0 Å². The predicted molar refractivity (Wildman–Crippen MR) is 113 cm³/mol. The first kappa shape index (κ1) is 20.8. The summed E-state index contributed by atoms with van der Waals surface area (Å²) in [6, 6.07) is 9.88. The van der Waals surface area contributed by atoms with E-state index in [0.29, 0.717) is 50.4 Å². The van der Waals surface area contributed by atoms with Gasteiger partial charge in [0.1, 0.15) is 5.56 Å². The standard InChI is InChI=1S/C23H29N3O3/c1-3-16(2)13-20(27)25-12-10-19-18(14-25)15-26(23(29)21(19)22(24)28)11-9-17-7-5-4-6-8-17/h4-8,15-16H,3,9-14H2,1-2H3,(H2,24,28). The Morgan fingerprint density at radius 1 is 1.21 bits per heavy atom. The Bertz CT molecular complexity index is 950. The summed E-state index contributed by atoms with van der Waals surface area (Å²) in [4.78, 5) is 39.4. The second-order valence-electron chi connectivity index (χ2n) is 7.89. The maximum atomic E-state index is 12.9. The van der Waals surface area contributed by atoms with Crippen molar-refractivity contribution in [2.45, 2.75) is 52.6 Å². The maximum Gasteiger partial charge on any atom is 0.263 e. The number of hydrogen-bond donors (Lipinski definition) is 1. The highest BCUT2D eigenvalue weighted by molar-refractivity contribution is 5.94. The summed E-state index contributed by atoms with van der Waals surface area (Å²) in [5.74, 6) is -0.239. The van der Waals surface area contributed by atoms with Crippen LogP contribution in [0.25, 0.3) is 0 Å². The third-order valence-electron chi connectivity index (χ3n) is 5.77. The molecule has 2 heterocycles. The van der Waals surface area contributed by atoms with Crippen LogP contribution in [0.4, 0.5) is 0 Å². The lowest BCUT2D eigenvalue weighted by molar-refractivity contribution is -0.133. The van der Waals surface area contributed by atoms with Crippen LogP contribution in [0, 0.1) is 5.92 Å². The van der Waals surface area contributed by atoms with Crippen molar-refractivity contribution < 1.29 is 9.59 Å². The van der Waals surface area contributed by atoms with E-state index in [2.05, 4.69) is 13.8 Å². The van der Waals surface area contributed by atoms with Crippen LogP contribution in [0.2, 0.25) is 0 Å². The van der Waals surface area contributed by atoms with E-state index in [0.717, 1.165) is 17.5 Å². The second-order valence-corrected chi connectivity index (χ2v) is 7.89. The number of fused-ring (bicyclic) bond motifs is 1. The van der Waals surface area contributed by atoms with Crippen LogP contribution >= 0.6 is 0 Å². The molecular formula is C23H29N3O3. The first-order valence-corrected chi connectivity index (χ1v) is 10.3. The number of aromatic nitrogens is 1. The highest BCUT2D eigenvalue weighted by Crippen LogP contribution is 2.22. The topological polar surface area (TPSA) is 85.4 Å². The van der Waals surface area contributed by atoms with E-state index < -0.39 is 5.91 Å². The van der Waals surface area contributed by atoms with Crippen molar-refractivity contribution >= 4 is 11.8 Å². The lowest BCUT2D eigenvalue weighted by Crippen LogP contribution is -2.41. The van der Waals surface area contributed by atoms with Crippen LogP contribution in [-0.2, 0) is 30.7 Å². The molecule has 1 unspecified atom stereocenters. The van der Waals surface area contributed by atoms with Gasteiger partial charge in [-0.25, -0.2) is 0 Å². The molecule has 1 aliphatic heterocycles. The molecule has 0 saturated heterocycles. The van der Waals surface area contributed by atoms with E-state index in [4.69, 9.17) is 5.73 Å². The summed E-state index contributed by atoms with van der Waals surface area (Å²) in [6.07, 6.45) is 4.43. The molecule has 0 fully saturated rings. The summed E-state index contributed by atoms with van der Waals surface area (Å²) in [6.45, 7) is 5.53. The Kier molecular flexibility index (Phi) is 6.52. The zero-order valence-electron chi connectivity index (χ0n) is 17.2. The van der Waals surface area contributed by atoms with Gasteiger partial charge in [-0.1, -0.05) is 50.6 Å². The first-order chi connectivity index (χ1) is 13.9. The molecule has 154 valence electrons. The Labute approximate surface area is 171 Å². The van der Waals surface area contributed by atoms with E-state index in [9.17, 15) is 14.4 Å². The summed E-state index contributed by atoms with van der Waals surface area (Å²) >= 11 is 0. The van der Waals surface area contributed by atoms with Crippen molar-refractivity contribution in [1.82, 2.24) is 9.47 Å². The number of hydrogen-bond acceptors (Lipinski definition) is 3. The minimum absolute atomic E-state index is 0.0737. The van der Waals surface area contributed by atoms with Gasteiger partial charge in [0.25, 0.3) is 11.5 Å². The molecular weight excluding hydrogens is 366 g/mol. The lowest BCUT2D eigenvalue weighted by atomic mass is 9.95. The number of benzene rings is 1. The zero-order valence-corrected chi connectivity index (χ0v) is 17.2. The monoisotopic (exact) mass is 395 g/mol. The first-order valence-electron chi connectivity index (χ1n) is 10.3. The summed E-state index contributed by atoms with van der Waals surface area (Å²) in [5.41, 5.74) is 7.95. The number of amides is 2. The maximum absolute atomic E-state index is 12.9. The Morgan fingerprint density at radius 3 is 2.59 bits per heavy atom.